The highest BCUT2D eigenvalue weighted by Crippen LogP contribution is 2.27. The number of carbonyl (C=O) groups is 1. The molecule has 0 spiro atoms. The summed E-state index contributed by atoms with van der Waals surface area (Å²) in [6, 6.07) is 1.90. The first-order valence-electron chi connectivity index (χ1n) is 5.30. The van der Waals surface area contributed by atoms with Crippen LogP contribution in [-0.2, 0) is 4.79 Å². The summed E-state index contributed by atoms with van der Waals surface area (Å²) in [4.78, 5) is 15.4. The minimum absolute atomic E-state index is 0.00537. The monoisotopic (exact) mass is 239 g/mol. The van der Waals surface area contributed by atoms with Gasteiger partial charge in [0.2, 0.25) is 5.91 Å². The fraction of sp³-hybridized carbons (Fsp3) is 0.455. The molecule has 4 nitrogen and oxygen atoms in total. The van der Waals surface area contributed by atoms with Crippen LogP contribution in [0.1, 0.15) is 31.7 Å². The average Bonchev–Trinajstić information content (AvgIpc) is 2.64. The molecule has 0 aromatic carbocycles. The summed E-state index contributed by atoms with van der Waals surface area (Å²) in [5.74, 6) is 1.02. The summed E-state index contributed by atoms with van der Waals surface area (Å²) >= 11 is 6.15. The maximum atomic E-state index is 11.1. The Kier molecular flexibility index (Phi) is 3.01. The van der Waals surface area contributed by atoms with Gasteiger partial charge in [0, 0.05) is 12.6 Å². The van der Waals surface area contributed by atoms with Crippen molar-refractivity contribution in [3.05, 3.63) is 22.8 Å². The van der Waals surface area contributed by atoms with Gasteiger partial charge >= 0.3 is 0 Å². The SMILES string of the molecule is CC(C)c1cnc(N2CCC(=O)N2)c(Cl)c1. The molecule has 1 aromatic rings. The lowest BCUT2D eigenvalue weighted by molar-refractivity contribution is -0.119. The molecule has 1 saturated heterocycles. The van der Waals surface area contributed by atoms with Crippen LogP contribution in [-0.4, -0.2) is 17.4 Å². The second-order valence-electron chi connectivity index (χ2n) is 4.17. The van der Waals surface area contributed by atoms with E-state index in [1.807, 2.05) is 6.07 Å². The van der Waals surface area contributed by atoms with Gasteiger partial charge in [0.25, 0.3) is 0 Å². The zero-order valence-corrected chi connectivity index (χ0v) is 10.1. The van der Waals surface area contributed by atoms with Gasteiger partial charge in [-0.05, 0) is 17.5 Å². The Morgan fingerprint density at radius 3 is 2.81 bits per heavy atom. The summed E-state index contributed by atoms with van der Waals surface area (Å²) < 4.78 is 0. The predicted molar refractivity (Wildman–Crippen MR) is 63.4 cm³/mol. The van der Waals surface area contributed by atoms with E-state index in [2.05, 4.69) is 24.3 Å². The Hall–Kier alpha value is -1.29. The molecule has 0 atom stereocenters. The number of hydrogen-bond acceptors (Lipinski definition) is 3. The van der Waals surface area contributed by atoms with Crippen LogP contribution in [0.3, 0.4) is 0 Å². The first kappa shape index (κ1) is 11.2. The van der Waals surface area contributed by atoms with E-state index in [-0.39, 0.29) is 5.91 Å². The van der Waals surface area contributed by atoms with Crippen molar-refractivity contribution in [2.45, 2.75) is 26.2 Å². The van der Waals surface area contributed by atoms with Crippen LogP contribution in [0.15, 0.2) is 12.3 Å². The Morgan fingerprint density at radius 1 is 1.56 bits per heavy atom. The van der Waals surface area contributed by atoms with E-state index in [1.54, 1.807) is 11.2 Å². The van der Waals surface area contributed by atoms with E-state index in [9.17, 15) is 4.79 Å². The number of anilines is 1. The molecule has 1 aliphatic heterocycles. The summed E-state index contributed by atoms with van der Waals surface area (Å²) in [6.45, 7) is 4.79. The summed E-state index contributed by atoms with van der Waals surface area (Å²) in [5.41, 5.74) is 3.80. The number of halogens is 1. The second-order valence-corrected chi connectivity index (χ2v) is 4.57. The van der Waals surface area contributed by atoms with Crippen molar-refractivity contribution >= 4 is 23.3 Å². The van der Waals surface area contributed by atoms with Crippen molar-refractivity contribution in [2.75, 3.05) is 11.6 Å². The fourth-order valence-corrected chi connectivity index (χ4v) is 1.87. The molecule has 1 fully saturated rings. The highest BCUT2D eigenvalue weighted by Gasteiger charge is 2.21. The molecule has 0 radical (unpaired) electrons. The van der Waals surface area contributed by atoms with Gasteiger partial charge in [-0.25, -0.2) is 4.98 Å². The minimum atomic E-state index is 0.00537. The van der Waals surface area contributed by atoms with Crippen molar-refractivity contribution in [3.8, 4) is 0 Å². The molecule has 0 aliphatic carbocycles. The van der Waals surface area contributed by atoms with E-state index >= 15 is 0 Å². The van der Waals surface area contributed by atoms with Crippen LogP contribution >= 0.6 is 11.6 Å². The third kappa shape index (κ3) is 2.11. The number of nitrogens with zero attached hydrogens (tertiary/aromatic N) is 2. The minimum Gasteiger partial charge on any atom is -0.273 e. The summed E-state index contributed by atoms with van der Waals surface area (Å²) in [7, 11) is 0. The highest BCUT2D eigenvalue weighted by molar-refractivity contribution is 6.33. The topological polar surface area (TPSA) is 45.2 Å². The molecule has 1 aliphatic rings. The van der Waals surface area contributed by atoms with Crippen LogP contribution in [0.4, 0.5) is 5.82 Å². The Balaban J connectivity index is 2.26. The van der Waals surface area contributed by atoms with Gasteiger partial charge in [-0.15, -0.1) is 0 Å². The van der Waals surface area contributed by atoms with E-state index in [4.69, 9.17) is 11.6 Å². The van der Waals surface area contributed by atoms with E-state index < -0.39 is 0 Å². The summed E-state index contributed by atoms with van der Waals surface area (Å²) in [5, 5.41) is 2.27. The van der Waals surface area contributed by atoms with Crippen LogP contribution in [0, 0.1) is 0 Å². The maximum Gasteiger partial charge on any atom is 0.240 e. The molecular formula is C11H14ClN3O. The van der Waals surface area contributed by atoms with Crippen molar-refractivity contribution in [3.63, 3.8) is 0 Å². The van der Waals surface area contributed by atoms with Crippen LogP contribution in [0.5, 0.6) is 0 Å². The number of carbonyl (C=O) groups excluding carboxylic acids is 1. The van der Waals surface area contributed by atoms with Crippen molar-refractivity contribution in [1.29, 1.82) is 0 Å². The van der Waals surface area contributed by atoms with Crippen molar-refractivity contribution < 1.29 is 4.79 Å². The number of aromatic nitrogens is 1. The lowest BCUT2D eigenvalue weighted by Crippen LogP contribution is -2.33. The first-order chi connectivity index (χ1) is 7.58. The standard InChI is InChI=1S/C11H14ClN3O/c1-7(2)8-5-9(12)11(13-6-8)15-4-3-10(16)14-15/h5-7H,3-4H2,1-2H3,(H,14,16). The Labute approximate surface area is 99.6 Å². The quantitative estimate of drug-likeness (QED) is 0.860. The van der Waals surface area contributed by atoms with Gasteiger partial charge in [0.1, 0.15) is 0 Å². The molecule has 86 valence electrons. The molecule has 0 unspecified atom stereocenters. The number of amides is 1. The number of hydrazine groups is 1. The molecule has 1 N–H and O–H groups in total. The third-order valence-electron chi connectivity index (χ3n) is 2.59. The number of nitrogens with one attached hydrogen (secondary N) is 1. The van der Waals surface area contributed by atoms with Crippen molar-refractivity contribution in [1.82, 2.24) is 10.4 Å². The number of pyridine rings is 1. The highest BCUT2D eigenvalue weighted by atomic mass is 35.5. The van der Waals surface area contributed by atoms with Crippen molar-refractivity contribution in [2.24, 2.45) is 0 Å². The van der Waals surface area contributed by atoms with Gasteiger partial charge in [-0.2, -0.15) is 0 Å². The molecule has 5 heteroatoms. The third-order valence-corrected chi connectivity index (χ3v) is 2.87. The molecular weight excluding hydrogens is 226 g/mol. The van der Waals surface area contributed by atoms with Crippen LogP contribution in [0.25, 0.3) is 0 Å². The lowest BCUT2D eigenvalue weighted by atomic mass is 10.1. The van der Waals surface area contributed by atoms with E-state index in [1.165, 1.54) is 0 Å². The molecule has 2 heterocycles. The number of hydrogen-bond donors (Lipinski definition) is 1. The average molecular weight is 240 g/mol. The normalized spacial score (nSPS) is 15.8. The van der Waals surface area contributed by atoms with Crippen LogP contribution in [0.2, 0.25) is 5.02 Å². The van der Waals surface area contributed by atoms with Crippen LogP contribution < -0.4 is 10.4 Å². The zero-order chi connectivity index (χ0) is 11.7. The zero-order valence-electron chi connectivity index (χ0n) is 9.33. The van der Waals surface area contributed by atoms with Gasteiger partial charge in [-0.3, -0.25) is 15.2 Å². The number of rotatable bonds is 2. The smallest absolute Gasteiger partial charge is 0.240 e. The Morgan fingerprint density at radius 2 is 2.31 bits per heavy atom. The maximum absolute atomic E-state index is 11.1. The molecule has 2 rings (SSSR count). The predicted octanol–water partition coefficient (Wildman–Crippen LogP) is 2.10. The second kappa shape index (κ2) is 4.29. The van der Waals surface area contributed by atoms with Gasteiger partial charge in [-0.1, -0.05) is 25.4 Å². The molecule has 1 aromatic heterocycles. The lowest BCUT2D eigenvalue weighted by Gasteiger charge is -2.18. The Bertz CT molecular complexity index is 420. The van der Waals surface area contributed by atoms with E-state index in [0.29, 0.717) is 29.7 Å². The summed E-state index contributed by atoms with van der Waals surface area (Å²) in [6.07, 6.45) is 2.29. The van der Waals surface area contributed by atoms with Gasteiger partial charge < -0.3 is 0 Å². The fourth-order valence-electron chi connectivity index (χ4n) is 1.59. The molecule has 0 bridgehead atoms. The van der Waals surface area contributed by atoms with Gasteiger partial charge in [0.15, 0.2) is 5.82 Å². The molecule has 1 amide bonds. The van der Waals surface area contributed by atoms with E-state index in [0.717, 1.165) is 5.56 Å². The molecule has 0 saturated carbocycles. The van der Waals surface area contributed by atoms with Gasteiger partial charge in [0.05, 0.1) is 11.6 Å². The largest absolute Gasteiger partial charge is 0.273 e. The molecule has 16 heavy (non-hydrogen) atoms. The first-order valence-corrected chi connectivity index (χ1v) is 5.68.